The minimum absolute atomic E-state index is 0.693. The molecule has 94 valence electrons. The predicted molar refractivity (Wildman–Crippen MR) is 78.0 cm³/mol. The first-order chi connectivity index (χ1) is 9.33. The Morgan fingerprint density at radius 2 is 1.79 bits per heavy atom. The number of aryl methyl sites for hydroxylation is 1. The van der Waals surface area contributed by atoms with Crippen LogP contribution in [0.1, 0.15) is 5.56 Å². The summed E-state index contributed by atoms with van der Waals surface area (Å²) in [4.78, 5) is 12.9. The molecule has 0 radical (unpaired) electrons. The number of rotatable bonds is 3. The van der Waals surface area contributed by atoms with Gasteiger partial charge < -0.3 is 4.72 Å². The van der Waals surface area contributed by atoms with Crippen LogP contribution in [0.15, 0.2) is 54.1 Å². The van der Waals surface area contributed by atoms with Crippen LogP contribution in [-0.4, -0.2) is 15.0 Å². The zero-order valence-electron chi connectivity index (χ0n) is 10.4. The van der Waals surface area contributed by atoms with Crippen LogP contribution in [0.2, 0.25) is 0 Å². The van der Waals surface area contributed by atoms with E-state index in [1.807, 2.05) is 37.3 Å². The highest BCUT2D eigenvalue weighted by Gasteiger charge is 2.03. The lowest BCUT2D eigenvalue weighted by Crippen LogP contribution is -1.93. The Balaban J connectivity index is 1.84. The summed E-state index contributed by atoms with van der Waals surface area (Å²) < 4.78 is 3.25. The molecule has 19 heavy (non-hydrogen) atoms. The number of nitrogens with one attached hydrogen (secondary N) is 1. The number of hydrogen-bond acceptors (Lipinski definition) is 5. The first-order valence-electron chi connectivity index (χ1n) is 5.88. The number of nitrogens with zero attached hydrogens (tertiary/aromatic N) is 3. The van der Waals surface area contributed by atoms with Gasteiger partial charge in [-0.05, 0) is 24.6 Å². The average Bonchev–Trinajstić information content (AvgIpc) is 2.47. The normalized spacial score (nSPS) is 10.6. The third-order valence-electron chi connectivity index (χ3n) is 2.64. The fourth-order valence-corrected chi connectivity index (χ4v) is 2.30. The van der Waals surface area contributed by atoms with Gasteiger partial charge in [0.2, 0.25) is 5.16 Å². The van der Waals surface area contributed by atoms with Crippen molar-refractivity contribution < 1.29 is 0 Å². The second-order valence-electron chi connectivity index (χ2n) is 4.13. The molecule has 0 amide bonds. The summed E-state index contributed by atoms with van der Waals surface area (Å²) in [6, 6.07) is 10.0. The third kappa shape index (κ3) is 2.66. The largest absolute Gasteiger partial charge is 0.321 e. The summed E-state index contributed by atoms with van der Waals surface area (Å²) in [6.45, 7) is 1.97. The summed E-state index contributed by atoms with van der Waals surface area (Å²) in [5, 5.41) is 1.80. The van der Waals surface area contributed by atoms with Gasteiger partial charge in [0.1, 0.15) is 0 Å². The Labute approximate surface area is 115 Å². The fraction of sp³-hybridized carbons (Fsp3) is 0.0714. The van der Waals surface area contributed by atoms with Gasteiger partial charge >= 0.3 is 0 Å². The van der Waals surface area contributed by atoms with Crippen LogP contribution in [0.5, 0.6) is 0 Å². The van der Waals surface area contributed by atoms with Crippen LogP contribution < -0.4 is 4.72 Å². The minimum Gasteiger partial charge on any atom is -0.321 e. The van der Waals surface area contributed by atoms with Crippen LogP contribution in [0.4, 0.5) is 5.69 Å². The third-order valence-corrected chi connectivity index (χ3v) is 3.36. The van der Waals surface area contributed by atoms with Gasteiger partial charge in [0.05, 0.1) is 11.2 Å². The average molecular weight is 268 g/mol. The van der Waals surface area contributed by atoms with Crippen molar-refractivity contribution in [2.24, 2.45) is 0 Å². The van der Waals surface area contributed by atoms with Gasteiger partial charge in [0.25, 0.3) is 0 Å². The standard InChI is InChI=1S/C14H12N4S/c1-10-8-16-14(17-9-10)19-18-12-6-2-4-11-5-3-7-15-13(11)12/h2-9,18H,1H3. The SMILES string of the molecule is Cc1cnc(SNc2cccc3cccnc23)nc1. The Hall–Kier alpha value is -2.14. The van der Waals surface area contributed by atoms with Gasteiger partial charge in [-0.15, -0.1) is 0 Å². The van der Waals surface area contributed by atoms with Crippen molar-refractivity contribution in [2.45, 2.75) is 12.1 Å². The van der Waals surface area contributed by atoms with E-state index < -0.39 is 0 Å². The van der Waals surface area contributed by atoms with E-state index in [-0.39, 0.29) is 0 Å². The molecular formula is C14H12N4S. The number of anilines is 1. The molecule has 0 bridgehead atoms. The summed E-state index contributed by atoms with van der Waals surface area (Å²) >= 11 is 1.38. The van der Waals surface area contributed by atoms with Gasteiger partial charge in [0.15, 0.2) is 0 Å². The highest BCUT2D eigenvalue weighted by atomic mass is 32.2. The number of hydrogen-bond donors (Lipinski definition) is 1. The van der Waals surface area contributed by atoms with Gasteiger partial charge in [-0.2, -0.15) is 0 Å². The molecule has 0 saturated carbocycles. The van der Waals surface area contributed by atoms with E-state index in [0.717, 1.165) is 22.2 Å². The van der Waals surface area contributed by atoms with Crippen molar-refractivity contribution >= 4 is 28.5 Å². The van der Waals surface area contributed by atoms with Crippen LogP contribution in [0.25, 0.3) is 10.9 Å². The van der Waals surface area contributed by atoms with Gasteiger partial charge in [0, 0.05) is 35.9 Å². The van der Waals surface area contributed by atoms with E-state index in [2.05, 4.69) is 19.7 Å². The molecule has 0 saturated heterocycles. The predicted octanol–water partition coefficient (Wildman–Crippen LogP) is 3.45. The van der Waals surface area contributed by atoms with Crippen molar-refractivity contribution in [3.05, 3.63) is 54.5 Å². The molecule has 0 atom stereocenters. The van der Waals surface area contributed by atoms with Gasteiger partial charge in [-0.3, -0.25) is 4.98 Å². The zero-order valence-corrected chi connectivity index (χ0v) is 11.2. The van der Waals surface area contributed by atoms with E-state index in [1.165, 1.54) is 11.9 Å². The number of fused-ring (bicyclic) bond motifs is 1. The Kier molecular flexibility index (Phi) is 3.29. The molecule has 5 heteroatoms. The van der Waals surface area contributed by atoms with E-state index >= 15 is 0 Å². The lowest BCUT2D eigenvalue weighted by atomic mass is 10.2. The highest BCUT2D eigenvalue weighted by molar-refractivity contribution is 8.00. The summed E-state index contributed by atoms with van der Waals surface area (Å²) in [5.41, 5.74) is 2.97. The topological polar surface area (TPSA) is 50.7 Å². The number of pyridine rings is 1. The van der Waals surface area contributed by atoms with E-state index in [0.29, 0.717) is 5.16 Å². The summed E-state index contributed by atoms with van der Waals surface area (Å²) in [6.07, 6.45) is 5.40. The molecule has 0 aliphatic carbocycles. The van der Waals surface area contributed by atoms with Crippen molar-refractivity contribution in [3.8, 4) is 0 Å². The molecule has 3 rings (SSSR count). The number of aromatic nitrogens is 3. The van der Waals surface area contributed by atoms with Gasteiger partial charge in [-0.1, -0.05) is 18.2 Å². The second kappa shape index (κ2) is 5.24. The Morgan fingerprint density at radius 1 is 1.00 bits per heavy atom. The van der Waals surface area contributed by atoms with Crippen LogP contribution in [0.3, 0.4) is 0 Å². The van der Waals surface area contributed by atoms with E-state index in [9.17, 15) is 0 Å². The summed E-state index contributed by atoms with van der Waals surface area (Å²) in [5.74, 6) is 0. The van der Waals surface area contributed by atoms with Crippen molar-refractivity contribution in [3.63, 3.8) is 0 Å². The second-order valence-corrected chi connectivity index (χ2v) is 4.90. The van der Waals surface area contributed by atoms with Crippen LogP contribution >= 0.6 is 11.9 Å². The number of para-hydroxylation sites is 1. The molecule has 2 aromatic heterocycles. The molecule has 0 fully saturated rings. The maximum absolute atomic E-state index is 4.39. The summed E-state index contributed by atoms with van der Waals surface area (Å²) in [7, 11) is 0. The van der Waals surface area contributed by atoms with Crippen molar-refractivity contribution in [1.29, 1.82) is 0 Å². The fourth-order valence-electron chi connectivity index (χ4n) is 1.72. The lowest BCUT2D eigenvalue weighted by Gasteiger charge is -2.07. The first-order valence-corrected chi connectivity index (χ1v) is 6.70. The zero-order chi connectivity index (χ0) is 13.1. The number of benzene rings is 1. The Bertz CT molecular complexity index is 692. The highest BCUT2D eigenvalue weighted by Crippen LogP contribution is 2.24. The van der Waals surface area contributed by atoms with Crippen molar-refractivity contribution in [2.75, 3.05) is 4.72 Å². The molecule has 0 aliphatic rings. The van der Waals surface area contributed by atoms with E-state index in [1.54, 1.807) is 18.6 Å². The van der Waals surface area contributed by atoms with Crippen LogP contribution in [0, 0.1) is 6.92 Å². The van der Waals surface area contributed by atoms with Crippen LogP contribution in [-0.2, 0) is 0 Å². The molecule has 2 heterocycles. The lowest BCUT2D eigenvalue weighted by molar-refractivity contribution is 0.953. The molecule has 0 spiro atoms. The quantitative estimate of drug-likeness (QED) is 0.582. The molecule has 0 unspecified atom stereocenters. The first kappa shape index (κ1) is 11.9. The monoisotopic (exact) mass is 268 g/mol. The Morgan fingerprint density at radius 3 is 2.63 bits per heavy atom. The maximum Gasteiger partial charge on any atom is 0.208 e. The van der Waals surface area contributed by atoms with Gasteiger partial charge in [-0.25, -0.2) is 9.97 Å². The molecule has 1 N–H and O–H groups in total. The molecule has 0 aliphatic heterocycles. The molecule has 3 aromatic rings. The minimum atomic E-state index is 0.693. The molecular weight excluding hydrogens is 256 g/mol. The van der Waals surface area contributed by atoms with E-state index in [4.69, 9.17) is 0 Å². The maximum atomic E-state index is 4.39. The smallest absolute Gasteiger partial charge is 0.208 e. The molecule has 1 aromatic carbocycles. The van der Waals surface area contributed by atoms with Crippen molar-refractivity contribution in [1.82, 2.24) is 15.0 Å². The molecule has 4 nitrogen and oxygen atoms in total.